The molecule has 0 bridgehead atoms. The number of ether oxygens (including phenoxy) is 1. The Morgan fingerprint density at radius 3 is 2.40 bits per heavy atom. The number of nitrogens with zero attached hydrogens (tertiary/aromatic N) is 1. The van der Waals surface area contributed by atoms with Crippen LogP contribution in [0.4, 0.5) is 5.69 Å². The van der Waals surface area contributed by atoms with Crippen LogP contribution in [0.15, 0.2) is 66.7 Å². The molecule has 2 atom stereocenters. The maximum absolute atomic E-state index is 13.6. The van der Waals surface area contributed by atoms with Crippen LogP contribution >= 0.6 is 23.2 Å². The molecule has 0 radical (unpaired) electrons. The smallest absolute Gasteiger partial charge is 0.251 e. The van der Waals surface area contributed by atoms with Crippen molar-refractivity contribution >= 4 is 40.7 Å². The van der Waals surface area contributed by atoms with Gasteiger partial charge in [-0.3, -0.25) is 9.59 Å². The molecule has 2 amide bonds. The number of aliphatic hydroxyl groups is 1. The fourth-order valence-electron chi connectivity index (χ4n) is 4.75. The van der Waals surface area contributed by atoms with Gasteiger partial charge in [-0.25, -0.2) is 0 Å². The highest BCUT2D eigenvalue weighted by Gasteiger charge is 2.26. The van der Waals surface area contributed by atoms with E-state index in [4.69, 9.17) is 27.9 Å². The number of carbonyl (C=O) groups excluding carboxylic acids is 2. The van der Waals surface area contributed by atoms with Crippen LogP contribution in [0, 0.1) is 0 Å². The predicted octanol–water partition coefficient (Wildman–Crippen LogP) is 5.40. The molecule has 9 heteroatoms. The third kappa shape index (κ3) is 8.45. The van der Waals surface area contributed by atoms with Gasteiger partial charge in [-0.2, -0.15) is 0 Å². The molecule has 0 aliphatic carbocycles. The standard InChI is InChI=1S/C31H35Cl2N3O4/c1-20(2)40-27-15-23(14-26(17-27)36-10-6-9-30(36)38)31(39)35-28(13-21-7-4-3-5-8-21)29(37)19-34-18-22-11-24(32)16-25(33)12-22/h3-5,7-8,11-12,14-17,20,28-29,34,37H,6,9-10,13,18-19H2,1-2H3,(H,35,39)/t28-,29+/m0/s1. The van der Waals surface area contributed by atoms with Crippen molar-refractivity contribution in [3.05, 3.63) is 93.5 Å². The Labute approximate surface area is 245 Å². The number of amides is 2. The van der Waals surface area contributed by atoms with Crippen molar-refractivity contribution in [2.45, 2.75) is 57.9 Å². The SMILES string of the molecule is CC(C)Oc1cc(C(=O)N[C@@H](Cc2ccccc2)[C@H](O)CNCc2cc(Cl)cc(Cl)c2)cc(N2CCCC2=O)c1. The lowest BCUT2D eigenvalue weighted by atomic mass is 10.00. The zero-order valence-corrected chi connectivity index (χ0v) is 24.2. The molecule has 212 valence electrons. The van der Waals surface area contributed by atoms with Crippen molar-refractivity contribution < 1.29 is 19.4 Å². The number of rotatable bonds is 12. The summed E-state index contributed by atoms with van der Waals surface area (Å²) in [5.74, 6) is 0.181. The van der Waals surface area contributed by atoms with Crippen molar-refractivity contribution in [3.8, 4) is 5.75 Å². The third-order valence-electron chi connectivity index (χ3n) is 6.59. The van der Waals surface area contributed by atoms with E-state index in [1.54, 1.807) is 29.2 Å². The molecule has 0 unspecified atom stereocenters. The summed E-state index contributed by atoms with van der Waals surface area (Å²) in [5.41, 5.74) is 2.86. The lowest BCUT2D eigenvalue weighted by Crippen LogP contribution is -2.48. The lowest BCUT2D eigenvalue weighted by Gasteiger charge is -2.26. The maximum Gasteiger partial charge on any atom is 0.251 e. The summed E-state index contributed by atoms with van der Waals surface area (Å²) < 4.78 is 5.90. The first-order valence-electron chi connectivity index (χ1n) is 13.5. The number of carbonyl (C=O) groups is 2. The maximum atomic E-state index is 13.6. The van der Waals surface area contributed by atoms with Gasteiger partial charge in [0.1, 0.15) is 5.75 Å². The van der Waals surface area contributed by atoms with Crippen molar-refractivity contribution in [2.24, 2.45) is 0 Å². The van der Waals surface area contributed by atoms with E-state index in [1.165, 1.54) is 0 Å². The van der Waals surface area contributed by atoms with E-state index in [0.717, 1.165) is 17.5 Å². The normalized spacial score (nSPS) is 14.8. The van der Waals surface area contributed by atoms with Gasteiger partial charge >= 0.3 is 0 Å². The van der Waals surface area contributed by atoms with Crippen molar-refractivity contribution in [1.82, 2.24) is 10.6 Å². The molecule has 1 fully saturated rings. The van der Waals surface area contributed by atoms with E-state index in [9.17, 15) is 14.7 Å². The van der Waals surface area contributed by atoms with E-state index in [1.807, 2.05) is 56.3 Å². The van der Waals surface area contributed by atoms with Crippen LogP contribution in [0.3, 0.4) is 0 Å². The predicted molar refractivity (Wildman–Crippen MR) is 159 cm³/mol. The lowest BCUT2D eigenvalue weighted by molar-refractivity contribution is -0.117. The van der Waals surface area contributed by atoms with Crippen LogP contribution in [0.25, 0.3) is 0 Å². The third-order valence-corrected chi connectivity index (χ3v) is 7.03. The van der Waals surface area contributed by atoms with E-state index in [0.29, 0.717) is 53.0 Å². The van der Waals surface area contributed by atoms with Gasteiger partial charge < -0.3 is 25.4 Å². The molecule has 1 saturated heterocycles. The van der Waals surface area contributed by atoms with Crippen molar-refractivity contribution in [2.75, 3.05) is 18.0 Å². The van der Waals surface area contributed by atoms with Crippen LogP contribution in [0.5, 0.6) is 5.75 Å². The first-order valence-corrected chi connectivity index (χ1v) is 14.2. The minimum atomic E-state index is -0.895. The van der Waals surface area contributed by atoms with E-state index >= 15 is 0 Å². The summed E-state index contributed by atoms with van der Waals surface area (Å²) >= 11 is 12.2. The highest BCUT2D eigenvalue weighted by atomic mass is 35.5. The molecule has 0 spiro atoms. The first-order chi connectivity index (χ1) is 19.2. The summed E-state index contributed by atoms with van der Waals surface area (Å²) in [6.07, 6.45) is 0.686. The van der Waals surface area contributed by atoms with Gasteiger partial charge in [-0.05, 0) is 68.1 Å². The summed E-state index contributed by atoms with van der Waals surface area (Å²) in [4.78, 5) is 27.7. The molecular formula is C31H35Cl2N3O4. The molecule has 0 aromatic heterocycles. The Kier molecular flexibility index (Phi) is 10.5. The van der Waals surface area contributed by atoms with E-state index in [-0.39, 0.29) is 24.5 Å². The Bertz CT molecular complexity index is 1300. The van der Waals surface area contributed by atoms with Crippen LogP contribution in [0.1, 0.15) is 48.2 Å². The van der Waals surface area contributed by atoms with Gasteiger partial charge in [0.25, 0.3) is 5.91 Å². The van der Waals surface area contributed by atoms with Gasteiger partial charge in [0.05, 0.1) is 18.2 Å². The zero-order valence-electron chi connectivity index (χ0n) is 22.7. The van der Waals surface area contributed by atoms with Crippen LogP contribution in [0.2, 0.25) is 10.0 Å². The van der Waals surface area contributed by atoms with Gasteiger partial charge in [0.2, 0.25) is 5.91 Å². The molecule has 1 aliphatic rings. The molecule has 4 rings (SSSR count). The molecule has 0 saturated carbocycles. The van der Waals surface area contributed by atoms with Crippen LogP contribution < -0.4 is 20.3 Å². The second-order valence-corrected chi connectivity index (χ2v) is 11.1. The van der Waals surface area contributed by atoms with E-state index < -0.39 is 12.1 Å². The monoisotopic (exact) mass is 583 g/mol. The number of hydrogen-bond donors (Lipinski definition) is 3. The number of anilines is 1. The summed E-state index contributed by atoms with van der Waals surface area (Å²) in [7, 11) is 0. The van der Waals surface area contributed by atoms with Crippen LogP contribution in [-0.4, -0.2) is 48.3 Å². The van der Waals surface area contributed by atoms with Gasteiger partial charge in [0, 0.05) is 53.4 Å². The number of halogens is 2. The highest BCUT2D eigenvalue weighted by Crippen LogP contribution is 2.28. The number of benzene rings is 3. The molecular weight excluding hydrogens is 549 g/mol. The highest BCUT2D eigenvalue weighted by molar-refractivity contribution is 6.34. The van der Waals surface area contributed by atoms with Crippen molar-refractivity contribution in [3.63, 3.8) is 0 Å². The molecule has 3 N–H and O–H groups in total. The average Bonchev–Trinajstić information content (AvgIpc) is 3.33. The topological polar surface area (TPSA) is 90.9 Å². The molecule has 3 aromatic carbocycles. The minimum absolute atomic E-state index is 0.0255. The largest absolute Gasteiger partial charge is 0.491 e. The number of aliphatic hydroxyl groups excluding tert-OH is 1. The summed E-state index contributed by atoms with van der Waals surface area (Å²) in [6, 6.07) is 19.6. The fourth-order valence-corrected chi connectivity index (χ4v) is 5.33. The van der Waals surface area contributed by atoms with Gasteiger partial charge in [0.15, 0.2) is 0 Å². The molecule has 7 nitrogen and oxygen atoms in total. The Balaban J connectivity index is 1.52. The summed E-state index contributed by atoms with van der Waals surface area (Å²) in [5, 5.41) is 18.5. The van der Waals surface area contributed by atoms with Gasteiger partial charge in [-0.15, -0.1) is 0 Å². The number of hydrogen-bond acceptors (Lipinski definition) is 5. The Morgan fingerprint density at radius 2 is 1.75 bits per heavy atom. The zero-order chi connectivity index (χ0) is 28.6. The van der Waals surface area contributed by atoms with Gasteiger partial charge in [-0.1, -0.05) is 53.5 Å². The average molecular weight is 585 g/mol. The minimum Gasteiger partial charge on any atom is -0.491 e. The fraction of sp³-hybridized carbons (Fsp3) is 0.355. The first kappa shape index (κ1) is 29.9. The van der Waals surface area contributed by atoms with Crippen LogP contribution in [-0.2, 0) is 17.8 Å². The molecule has 1 heterocycles. The quantitative estimate of drug-likeness (QED) is 0.265. The summed E-state index contributed by atoms with van der Waals surface area (Å²) in [6.45, 7) is 5.09. The molecule has 40 heavy (non-hydrogen) atoms. The second kappa shape index (κ2) is 14.0. The Morgan fingerprint density at radius 1 is 1.02 bits per heavy atom. The van der Waals surface area contributed by atoms with Crippen molar-refractivity contribution in [1.29, 1.82) is 0 Å². The molecule has 1 aliphatic heterocycles. The Hall–Kier alpha value is -3.10. The van der Waals surface area contributed by atoms with E-state index in [2.05, 4.69) is 10.6 Å². The molecule has 3 aromatic rings. The second-order valence-electron chi connectivity index (χ2n) is 10.3. The number of nitrogens with one attached hydrogen (secondary N) is 2.